The Morgan fingerprint density at radius 3 is 2.32 bits per heavy atom. The minimum Gasteiger partial charge on any atom is -0.445 e. The van der Waals surface area contributed by atoms with Crippen LogP contribution in [0.4, 0.5) is 0 Å². The van der Waals surface area contributed by atoms with E-state index in [0.29, 0.717) is 44.6 Å². The van der Waals surface area contributed by atoms with Crippen molar-refractivity contribution in [3.05, 3.63) is 71.3 Å². The van der Waals surface area contributed by atoms with Gasteiger partial charge < -0.3 is 14.5 Å². The van der Waals surface area contributed by atoms with Crippen molar-refractivity contribution in [3.63, 3.8) is 0 Å². The highest BCUT2D eigenvalue weighted by molar-refractivity contribution is 5.97. The van der Waals surface area contributed by atoms with Crippen LogP contribution in [0, 0.1) is 0 Å². The fourth-order valence-corrected chi connectivity index (χ4v) is 4.39. The number of aryl methyl sites for hydroxylation is 1. The largest absolute Gasteiger partial charge is 0.445 e. The van der Waals surface area contributed by atoms with Crippen molar-refractivity contribution < 1.29 is 19.1 Å². The van der Waals surface area contributed by atoms with Crippen LogP contribution in [0.2, 0.25) is 0 Å². The van der Waals surface area contributed by atoms with Crippen molar-refractivity contribution >= 4 is 17.8 Å². The number of carbonyl (C=O) groups is 3. The number of carbonyl (C=O) groups excluding carboxylic acids is 3. The molecule has 2 aromatic carbocycles. The Morgan fingerprint density at radius 2 is 1.58 bits per heavy atom. The third-order valence-electron chi connectivity index (χ3n) is 6.15. The molecule has 0 radical (unpaired) electrons. The molecule has 2 heterocycles. The molecule has 2 aromatic rings. The average molecular weight is 421 g/mol. The minimum absolute atomic E-state index is 0.132. The normalized spacial score (nSPS) is 20.7. The van der Waals surface area contributed by atoms with Gasteiger partial charge in [-0.3, -0.25) is 9.59 Å². The lowest BCUT2D eigenvalue weighted by molar-refractivity contribution is -0.154. The number of amides is 2. The average Bonchev–Trinajstić information content (AvgIpc) is 2.79. The van der Waals surface area contributed by atoms with E-state index in [1.54, 1.807) is 24.0 Å². The summed E-state index contributed by atoms with van der Waals surface area (Å²) in [6.07, 6.45) is 2.58. The van der Waals surface area contributed by atoms with Crippen LogP contribution in [-0.4, -0.2) is 59.4 Å². The third kappa shape index (κ3) is 4.63. The maximum atomic E-state index is 13.2. The van der Waals surface area contributed by atoms with Gasteiger partial charge in [-0.2, -0.15) is 0 Å². The second-order valence-electron chi connectivity index (χ2n) is 8.47. The van der Waals surface area contributed by atoms with Gasteiger partial charge in [0.25, 0.3) is 5.91 Å². The summed E-state index contributed by atoms with van der Waals surface area (Å²) in [6.45, 7) is 3.62. The SMILES string of the molecule is CC1(C(=O)N2CCN(C(=O)CCCc3ccccc3)CC2)Cc2ccccc2C(=O)O1. The molecule has 1 atom stereocenters. The number of nitrogens with zero attached hydrogens (tertiary/aromatic N) is 2. The summed E-state index contributed by atoms with van der Waals surface area (Å²) in [5.74, 6) is -0.510. The number of ether oxygens (including phenoxy) is 1. The van der Waals surface area contributed by atoms with Crippen LogP contribution in [-0.2, 0) is 27.2 Å². The summed E-state index contributed by atoms with van der Waals surface area (Å²) in [5, 5.41) is 0. The molecule has 1 unspecified atom stereocenters. The second-order valence-corrected chi connectivity index (χ2v) is 8.47. The summed E-state index contributed by atoms with van der Waals surface area (Å²) in [5.41, 5.74) is 1.40. The lowest BCUT2D eigenvalue weighted by atomic mass is 9.88. The van der Waals surface area contributed by atoms with E-state index < -0.39 is 11.6 Å². The lowest BCUT2D eigenvalue weighted by Crippen LogP contribution is -2.58. The highest BCUT2D eigenvalue weighted by atomic mass is 16.6. The molecule has 0 spiro atoms. The Hall–Kier alpha value is -3.15. The molecule has 4 rings (SSSR count). The Kier molecular flexibility index (Phi) is 6.07. The van der Waals surface area contributed by atoms with Crippen LogP contribution in [0.1, 0.15) is 41.3 Å². The summed E-state index contributed by atoms with van der Waals surface area (Å²) in [7, 11) is 0. The minimum atomic E-state index is -1.20. The van der Waals surface area contributed by atoms with Gasteiger partial charge in [0.2, 0.25) is 5.91 Å². The molecule has 2 aliphatic heterocycles. The van der Waals surface area contributed by atoms with Crippen LogP contribution >= 0.6 is 0 Å². The zero-order valence-electron chi connectivity index (χ0n) is 17.9. The quantitative estimate of drug-likeness (QED) is 0.698. The van der Waals surface area contributed by atoms with Crippen LogP contribution in [0.15, 0.2) is 54.6 Å². The monoisotopic (exact) mass is 420 g/mol. The van der Waals surface area contributed by atoms with E-state index in [0.717, 1.165) is 18.4 Å². The highest BCUT2D eigenvalue weighted by Gasteiger charge is 2.45. The second kappa shape index (κ2) is 8.92. The van der Waals surface area contributed by atoms with E-state index in [-0.39, 0.29) is 11.8 Å². The predicted octanol–water partition coefficient (Wildman–Crippen LogP) is 2.85. The zero-order valence-corrected chi connectivity index (χ0v) is 17.9. The lowest BCUT2D eigenvalue weighted by Gasteiger charge is -2.41. The molecule has 1 saturated heterocycles. The first kappa shape index (κ1) is 21.1. The van der Waals surface area contributed by atoms with Crippen molar-refractivity contribution in [1.29, 1.82) is 0 Å². The number of hydrogen-bond donors (Lipinski definition) is 0. The number of esters is 1. The van der Waals surface area contributed by atoms with E-state index in [4.69, 9.17) is 4.74 Å². The molecule has 0 aromatic heterocycles. The molecule has 0 N–H and O–H groups in total. The van der Waals surface area contributed by atoms with Gasteiger partial charge in [-0.1, -0.05) is 48.5 Å². The van der Waals surface area contributed by atoms with E-state index in [1.807, 2.05) is 35.2 Å². The van der Waals surface area contributed by atoms with Crippen molar-refractivity contribution in [2.24, 2.45) is 0 Å². The molecule has 2 aliphatic rings. The van der Waals surface area contributed by atoms with Crippen molar-refractivity contribution in [1.82, 2.24) is 9.80 Å². The van der Waals surface area contributed by atoms with Gasteiger partial charge in [-0.25, -0.2) is 4.79 Å². The maximum Gasteiger partial charge on any atom is 0.339 e. The number of cyclic esters (lactones) is 1. The van der Waals surface area contributed by atoms with E-state index >= 15 is 0 Å². The van der Waals surface area contributed by atoms with Crippen molar-refractivity contribution in [2.75, 3.05) is 26.2 Å². The fourth-order valence-electron chi connectivity index (χ4n) is 4.39. The first-order valence-electron chi connectivity index (χ1n) is 10.9. The number of benzene rings is 2. The Labute approximate surface area is 182 Å². The van der Waals surface area contributed by atoms with Gasteiger partial charge in [0.05, 0.1) is 5.56 Å². The third-order valence-corrected chi connectivity index (χ3v) is 6.15. The number of piperazine rings is 1. The molecular weight excluding hydrogens is 392 g/mol. The molecule has 6 nitrogen and oxygen atoms in total. The summed E-state index contributed by atoms with van der Waals surface area (Å²) in [6, 6.07) is 17.4. The summed E-state index contributed by atoms with van der Waals surface area (Å²) >= 11 is 0. The molecule has 1 fully saturated rings. The zero-order chi connectivity index (χ0) is 21.8. The molecule has 162 valence electrons. The van der Waals surface area contributed by atoms with Gasteiger partial charge in [0.15, 0.2) is 5.60 Å². The smallest absolute Gasteiger partial charge is 0.339 e. The Balaban J connectivity index is 1.29. The predicted molar refractivity (Wildman–Crippen MR) is 117 cm³/mol. The van der Waals surface area contributed by atoms with Gasteiger partial charge in [0.1, 0.15) is 0 Å². The highest BCUT2D eigenvalue weighted by Crippen LogP contribution is 2.30. The van der Waals surface area contributed by atoms with Crippen LogP contribution in [0.25, 0.3) is 0 Å². The van der Waals surface area contributed by atoms with Gasteiger partial charge in [0, 0.05) is 39.0 Å². The van der Waals surface area contributed by atoms with Gasteiger partial charge >= 0.3 is 5.97 Å². The maximum absolute atomic E-state index is 13.2. The molecule has 31 heavy (non-hydrogen) atoms. The van der Waals surface area contributed by atoms with E-state index in [2.05, 4.69) is 12.1 Å². The van der Waals surface area contributed by atoms with E-state index in [9.17, 15) is 14.4 Å². The topological polar surface area (TPSA) is 66.9 Å². The number of hydrogen-bond acceptors (Lipinski definition) is 4. The first-order chi connectivity index (χ1) is 15.0. The summed E-state index contributed by atoms with van der Waals surface area (Å²) in [4.78, 5) is 41.7. The van der Waals surface area contributed by atoms with Crippen LogP contribution < -0.4 is 0 Å². The molecule has 0 bridgehead atoms. The molecule has 0 aliphatic carbocycles. The van der Waals surface area contributed by atoms with Crippen LogP contribution in [0.3, 0.4) is 0 Å². The Morgan fingerprint density at radius 1 is 0.935 bits per heavy atom. The summed E-state index contributed by atoms with van der Waals surface area (Å²) < 4.78 is 5.57. The number of fused-ring (bicyclic) bond motifs is 1. The molecule has 6 heteroatoms. The molecular formula is C25H28N2O4. The standard InChI is InChI=1S/C25H28N2O4/c1-25(18-20-11-5-6-12-21(20)23(29)31-25)24(30)27-16-14-26(15-17-27)22(28)13-7-10-19-8-3-2-4-9-19/h2-6,8-9,11-12H,7,10,13-18H2,1H3. The molecule has 0 saturated carbocycles. The van der Waals surface area contributed by atoms with Gasteiger partial charge in [-0.05, 0) is 37.0 Å². The van der Waals surface area contributed by atoms with Gasteiger partial charge in [-0.15, -0.1) is 0 Å². The van der Waals surface area contributed by atoms with Crippen molar-refractivity contribution in [2.45, 2.75) is 38.2 Å². The first-order valence-corrected chi connectivity index (χ1v) is 10.9. The fraction of sp³-hybridized carbons (Fsp3) is 0.400. The van der Waals surface area contributed by atoms with Crippen molar-refractivity contribution in [3.8, 4) is 0 Å². The Bertz CT molecular complexity index is 966. The van der Waals surface area contributed by atoms with E-state index in [1.165, 1.54) is 5.56 Å². The molecule has 2 amide bonds. The van der Waals surface area contributed by atoms with Crippen LogP contribution in [0.5, 0.6) is 0 Å². The number of rotatable bonds is 5.